The monoisotopic (exact) mass is 510 g/mol. The minimum atomic E-state index is -0.466. The van der Waals surface area contributed by atoms with E-state index in [0.29, 0.717) is 0 Å². The maximum Gasteiger partial charge on any atom is 0.495 e. The first-order valence-corrected chi connectivity index (χ1v) is 13.4. The Morgan fingerprint density at radius 1 is 0.513 bits per heavy atom. The molecule has 8 rings (SSSR count). The fourth-order valence-corrected chi connectivity index (χ4v) is 5.84. The standard InChI is InChI=1S/C34H27BO4/c1-33(2)34(3,4)39-35(38-33)27-10-7-11-30-32(27)26-18-23(13-15-29(26)36-30)22-12-14-28-24(17-22)25-16-20-8-5-6-9-21(20)19-31(25)37-28/h5-19H,1-4H3. The van der Waals surface area contributed by atoms with Gasteiger partial charge in [0.05, 0.1) is 11.2 Å². The number of hydrogen-bond donors (Lipinski definition) is 0. The van der Waals surface area contributed by atoms with Crippen LogP contribution in [-0.2, 0) is 9.31 Å². The third kappa shape index (κ3) is 3.33. The molecule has 0 unspecified atom stereocenters. The van der Waals surface area contributed by atoms with Gasteiger partial charge in [0.15, 0.2) is 0 Å². The van der Waals surface area contributed by atoms with E-state index in [-0.39, 0.29) is 0 Å². The molecule has 190 valence electrons. The van der Waals surface area contributed by atoms with E-state index in [1.165, 1.54) is 10.8 Å². The van der Waals surface area contributed by atoms with Gasteiger partial charge in [-0.05, 0) is 97.5 Å². The van der Waals surface area contributed by atoms with Crippen molar-refractivity contribution in [1.29, 1.82) is 0 Å². The van der Waals surface area contributed by atoms with Gasteiger partial charge in [-0.1, -0.05) is 48.5 Å². The van der Waals surface area contributed by atoms with E-state index in [9.17, 15) is 0 Å². The van der Waals surface area contributed by atoms with E-state index >= 15 is 0 Å². The summed E-state index contributed by atoms with van der Waals surface area (Å²) < 4.78 is 25.4. The summed E-state index contributed by atoms with van der Waals surface area (Å²) in [7, 11) is -0.466. The van der Waals surface area contributed by atoms with Crippen molar-refractivity contribution in [3.8, 4) is 11.1 Å². The van der Waals surface area contributed by atoms with Crippen LogP contribution in [0.25, 0.3) is 65.8 Å². The molecule has 1 fully saturated rings. The van der Waals surface area contributed by atoms with Gasteiger partial charge < -0.3 is 18.1 Å². The first-order chi connectivity index (χ1) is 18.8. The lowest BCUT2D eigenvalue weighted by Gasteiger charge is -2.32. The average molecular weight is 510 g/mol. The van der Waals surface area contributed by atoms with Crippen molar-refractivity contribution in [2.45, 2.75) is 38.9 Å². The molecular weight excluding hydrogens is 483 g/mol. The average Bonchev–Trinajstić information content (AvgIpc) is 3.54. The molecule has 0 atom stereocenters. The lowest BCUT2D eigenvalue weighted by molar-refractivity contribution is 0.00578. The third-order valence-corrected chi connectivity index (χ3v) is 8.71. The minimum absolute atomic E-state index is 0.418. The summed E-state index contributed by atoms with van der Waals surface area (Å²) in [4.78, 5) is 0. The Balaban J connectivity index is 1.29. The van der Waals surface area contributed by atoms with Gasteiger partial charge in [-0.3, -0.25) is 0 Å². The molecule has 0 bridgehead atoms. The highest BCUT2D eigenvalue weighted by atomic mass is 16.7. The molecule has 3 heterocycles. The van der Waals surface area contributed by atoms with E-state index in [4.69, 9.17) is 18.1 Å². The molecule has 7 aromatic rings. The van der Waals surface area contributed by atoms with Crippen LogP contribution in [0.2, 0.25) is 0 Å². The predicted molar refractivity (Wildman–Crippen MR) is 160 cm³/mol. The summed E-state index contributed by atoms with van der Waals surface area (Å²) in [6.07, 6.45) is 0. The molecule has 1 aliphatic heterocycles. The number of benzene rings is 5. The molecule has 1 aliphatic rings. The summed E-state index contributed by atoms with van der Waals surface area (Å²) >= 11 is 0. The van der Waals surface area contributed by atoms with Gasteiger partial charge in [0.25, 0.3) is 0 Å². The number of rotatable bonds is 2. The molecule has 4 nitrogen and oxygen atoms in total. The van der Waals surface area contributed by atoms with E-state index in [1.807, 2.05) is 12.1 Å². The molecule has 0 saturated carbocycles. The van der Waals surface area contributed by atoms with Gasteiger partial charge in [-0.15, -0.1) is 0 Å². The largest absolute Gasteiger partial charge is 0.495 e. The fraction of sp³-hybridized carbons (Fsp3) is 0.176. The maximum absolute atomic E-state index is 6.43. The normalized spacial score (nSPS) is 16.9. The first-order valence-electron chi connectivity index (χ1n) is 13.4. The van der Waals surface area contributed by atoms with Crippen LogP contribution in [0, 0.1) is 0 Å². The quantitative estimate of drug-likeness (QED) is 0.219. The van der Waals surface area contributed by atoms with E-state index < -0.39 is 18.3 Å². The van der Waals surface area contributed by atoms with Crippen molar-refractivity contribution in [1.82, 2.24) is 0 Å². The van der Waals surface area contributed by atoms with Crippen molar-refractivity contribution in [2.24, 2.45) is 0 Å². The van der Waals surface area contributed by atoms with Crippen LogP contribution < -0.4 is 5.46 Å². The smallest absolute Gasteiger partial charge is 0.456 e. The SMILES string of the molecule is CC1(C)OB(c2cccc3oc4ccc(-c5ccc6oc7cc8ccccc8cc7c6c5)cc4c23)OC1(C)C. The van der Waals surface area contributed by atoms with Crippen LogP contribution >= 0.6 is 0 Å². The molecule has 2 aromatic heterocycles. The van der Waals surface area contributed by atoms with Crippen LogP contribution in [0.4, 0.5) is 0 Å². The summed E-state index contributed by atoms with van der Waals surface area (Å²) in [5.41, 5.74) is 5.87. The second-order valence-corrected chi connectivity index (χ2v) is 11.6. The Morgan fingerprint density at radius 3 is 1.82 bits per heavy atom. The Kier molecular flexibility index (Phi) is 4.55. The molecule has 0 spiro atoms. The Bertz CT molecular complexity index is 2080. The molecule has 39 heavy (non-hydrogen) atoms. The molecule has 5 heteroatoms. The van der Waals surface area contributed by atoms with Crippen LogP contribution in [0.1, 0.15) is 27.7 Å². The molecule has 0 aliphatic carbocycles. The Morgan fingerprint density at radius 2 is 1.10 bits per heavy atom. The van der Waals surface area contributed by atoms with Gasteiger partial charge >= 0.3 is 7.12 Å². The van der Waals surface area contributed by atoms with Gasteiger partial charge in [0.1, 0.15) is 22.3 Å². The predicted octanol–water partition coefficient (Wildman–Crippen LogP) is 8.60. The molecule has 0 radical (unpaired) electrons. The highest BCUT2D eigenvalue weighted by Gasteiger charge is 2.52. The molecule has 5 aromatic carbocycles. The summed E-state index contributed by atoms with van der Waals surface area (Å²) in [5, 5.41) is 6.72. The van der Waals surface area contributed by atoms with Crippen molar-refractivity contribution in [3.63, 3.8) is 0 Å². The van der Waals surface area contributed by atoms with Gasteiger partial charge in [-0.2, -0.15) is 0 Å². The van der Waals surface area contributed by atoms with E-state index in [0.717, 1.165) is 60.5 Å². The maximum atomic E-state index is 6.43. The summed E-state index contributed by atoms with van der Waals surface area (Å²) in [5.74, 6) is 0. The highest BCUT2D eigenvalue weighted by molar-refractivity contribution is 6.66. The lowest BCUT2D eigenvalue weighted by atomic mass is 9.76. The summed E-state index contributed by atoms with van der Waals surface area (Å²) in [6, 6.07) is 31.7. The zero-order valence-corrected chi connectivity index (χ0v) is 22.4. The van der Waals surface area contributed by atoms with Crippen LogP contribution in [0.15, 0.2) is 99.8 Å². The van der Waals surface area contributed by atoms with Crippen molar-refractivity contribution in [2.75, 3.05) is 0 Å². The Labute approximate surface area is 226 Å². The topological polar surface area (TPSA) is 44.7 Å². The summed E-state index contributed by atoms with van der Waals surface area (Å²) in [6.45, 7) is 8.32. The van der Waals surface area contributed by atoms with Crippen molar-refractivity contribution < 1.29 is 18.1 Å². The first kappa shape index (κ1) is 22.9. The molecule has 1 saturated heterocycles. The van der Waals surface area contributed by atoms with Crippen LogP contribution in [0.5, 0.6) is 0 Å². The van der Waals surface area contributed by atoms with Gasteiger partial charge in [0.2, 0.25) is 0 Å². The third-order valence-electron chi connectivity index (χ3n) is 8.71. The Hall–Kier alpha value is -4.06. The molecule has 0 amide bonds. The van der Waals surface area contributed by atoms with Crippen molar-refractivity contribution >= 4 is 67.2 Å². The number of hydrogen-bond acceptors (Lipinski definition) is 4. The second-order valence-electron chi connectivity index (χ2n) is 11.6. The van der Waals surface area contributed by atoms with Crippen molar-refractivity contribution in [3.05, 3.63) is 91.0 Å². The fourth-order valence-electron chi connectivity index (χ4n) is 5.84. The van der Waals surface area contributed by atoms with E-state index in [2.05, 4.69) is 107 Å². The zero-order valence-electron chi connectivity index (χ0n) is 22.4. The lowest BCUT2D eigenvalue weighted by Crippen LogP contribution is -2.41. The number of furan rings is 2. The molecule has 0 N–H and O–H groups in total. The van der Waals surface area contributed by atoms with E-state index in [1.54, 1.807) is 0 Å². The van der Waals surface area contributed by atoms with Gasteiger partial charge in [0, 0.05) is 21.5 Å². The highest BCUT2D eigenvalue weighted by Crippen LogP contribution is 2.39. The second kappa shape index (κ2) is 7.75. The van der Waals surface area contributed by atoms with Gasteiger partial charge in [-0.25, -0.2) is 0 Å². The van der Waals surface area contributed by atoms with Crippen LogP contribution in [-0.4, -0.2) is 18.3 Å². The van der Waals surface area contributed by atoms with Crippen LogP contribution in [0.3, 0.4) is 0 Å². The molecular formula is C34H27BO4. The number of fused-ring (bicyclic) bond motifs is 7. The minimum Gasteiger partial charge on any atom is -0.456 e. The zero-order chi connectivity index (χ0) is 26.5.